The number of piperazine rings is 1. The predicted octanol–water partition coefficient (Wildman–Crippen LogP) is 2.79. The molecule has 2 unspecified atom stereocenters. The van der Waals surface area contributed by atoms with E-state index in [9.17, 15) is 0 Å². The molecule has 0 amide bonds. The van der Waals surface area contributed by atoms with Gasteiger partial charge in [0.2, 0.25) is 0 Å². The van der Waals surface area contributed by atoms with Crippen LogP contribution in [0.4, 0.5) is 0 Å². The first kappa shape index (κ1) is 15.1. The Morgan fingerprint density at radius 3 is 2.95 bits per heavy atom. The molecule has 0 bridgehead atoms. The second-order valence-electron chi connectivity index (χ2n) is 6.04. The molecule has 1 fully saturated rings. The van der Waals surface area contributed by atoms with Gasteiger partial charge in [-0.15, -0.1) is 0 Å². The van der Waals surface area contributed by atoms with Crippen molar-refractivity contribution in [1.29, 1.82) is 0 Å². The molecule has 0 saturated carbocycles. The molecule has 3 rings (SSSR count). The quantitative estimate of drug-likeness (QED) is 0.885. The highest BCUT2D eigenvalue weighted by molar-refractivity contribution is 9.10. The minimum Gasteiger partial charge on any atom is -0.490 e. The molecule has 2 aliphatic heterocycles. The third kappa shape index (κ3) is 3.52. The van der Waals surface area contributed by atoms with Gasteiger partial charge in [0, 0.05) is 38.1 Å². The van der Waals surface area contributed by atoms with E-state index in [1.807, 2.05) is 0 Å². The first-order chi connectivity index (χ1) is 10.1. The Balaban J connectivity index is 1.79. The van der Waals surface area contributed by atoms with E-state index in [0.29, 0.717) is 12.1 Å². The Hall–Kier alpha value is -0.780. The molecule has 0 spiro atoms. The first-order valence-electron chi connectivity index (χ1n) is 7.69. The van der Waals surface area contributed by atoms with Crippen LogP contribution in [0.5, 0.6) is 11.5 Å². The van der Waals surface area contributed by atoms with E-state index >= 15 is 0 Å². The van der Waals surface area contributed by atoms with Crippen molar-refractivity contribution in [3.63, 3.8) is 0 Å². The van der Waals surface area contributed by atoms with Crippen LogP contribution >= 0.6 is 15.9 Å². The first-order valence-corrected chi connectivity index (χ1v) is 8.48. The van der Waals surface area contributed by atoms with Crippen LogP contribution in [0.25, 0.3) is 0 Å². The number of halogens is 1. The summed E-state index contributed by atoms with van der Waals surface area (Å²) >= 11 is 3.62. The number of hydrogen-bond acceptors (Lipinski definition) is 4. The zero-order valence-electron chi connectivity index (χ0n) is 12.7. The molecule has 0 aliphatic carbocycles. The molecular formula is C16H23BrN2O2. The highest BCUT2D eigenvalue weighted by atomic mass is 79.9. The minimum atomic E-state index is 0.546. The summed E-state index contributed by atoms with van der Waals surface area (Å²) in [6.07, 6.45) is 0.933. The van der Waals surface area contributed by atoms with Crippen LogP contribution in [0.1, 0.15) is 25.8 Å². The average Bonchev–Trinajstić information content (AvgIpc) is 2.68. The van der Waals surface area contributed by atoms with Gasteiger partial charge in [0.25, 0.3) is 0 Å². The van der Waals surface area contributed by atoms with Gasteiger partial charge in [0.05, 0.1) is 17.7 Å². The lowest BCUT2D eigenvalue weighted by atomic mass is 10.1. The van der Waals surface area contributed by atoms with Crippen LogP contribution in [0.3, 0.4) is 0 Å². The monoisotopic (exact) mass is 354 g/mol. The molecular weight excluding hydrogens is 332 g/mol. The molecule has 1 N–H and O–H groups in total. The highest BCUT2D eigenvalue weighted by Gasteiger charge is 2.23. The zero-order valence-corrected chi connectivity index (χ0v) is 14.3. The third-order valence-electron chi connectivity index (χ3n) is 4.14. The number of rotatable bonds is 2. The smallest absolute Gasteiger partial charge is 0.175 e. The molecule has 1 saturated heterocycles. The maximum absolute atomic E-state index is 5.82. The molecule has 0 aromatic heterocycles. The molecule has 0 radical (unpaired) electrons. The van der Waals surface area contributed by atoms with Crippen molar-refractivity contribution < 1.29 is 9.47 Å². The summed E-state index contributed by atoms with van der Waals surface area (Å²) in [7, 11) is 0. The molecule has 21 heavy (non-hydrogen) atoms. The summed E-state index contributed by atoms with van der Waals surface area (Å²) in [5.74, 6) is 1.71. The Morgan fingerprint density at radius 1 is 1.29 bits per heavy atom. The van der Waals surface area contributed by atoms with Gasteiger partial charge in [-0.25, -0.2) is 0 Å². The van der Waals surface area contributed by atoms with Crippen LogP contribution in [-0.4, -0.2) is 43.3 Å². The third-order valence-corrected chi connectivity index (χ3v) is 4.73. The lowest BCUT2D eigenvalue weighted by Gasteiger charge is -2.37. The van der Waals surface area contributed by atoms with Crippen molar-refractivity contribution in [2.45, 2.75) is 38.9 Å². The lowest BCUT2D eigenvalue weighted by molar-refractivity contribution is 0.138. The zero-order chi connectivity index (χ0) is 14.8. The number of benzene rings is 1. The Morgan fingerprint density at radius 2 is 2.10 bits per heavy atom. The van der Waals surface area contributed by atoms with Crippen LogP contribution in [0.2, 0.25) is 0 Å². The fraction of sp³-hybridized carbons (Fsp3) is 0.625. The second kappa shape index (κ2) is 6.55. The highest BCUT2D eigenvalue weighted by Crippen LogP contribution is 2.38. The molecule has 1 aromatic rings. The maximum atomic E-state index is 5.82. The van der Waals surface area contributed by atoms with Gasteiger partial charge in [0.15, 0.2) is 11.5 Å². The Bertz CT molecular complexity index is 509. The topological polar surface area (TPSA) is 33.7 Å². The minimum absolute atomic E-state index is 0.546. The molecule has 1 aromatic carbocycles. The van der Waals surface area contributed by atoms with Gasteiger partial charge < -0.3 is 14.8 Å². The molecule has 116 valence electrons. The lowest BCUT2D eigenvalue weighted by Crippen LogP contribution is -2.53. The van der Waals surface area contributed by atoms with Crippen LogP contribution in [0.15, 0.2) is 16.6 Å². The SMILES string of the molecule is CC1CN(Cc2cc(Br)c3c(c2)OCCCO3)C(C)CN1. The van der Waals surface area contributed by atoms with Crippen molar-refractivity contribution in [3.8, 4) is 11.5 Å². The predicted molar refractivity (Wildman–Crippen MR) is 87.1 cm³/mol. The fourth-order valence-corrected chi connectivity index (χ4v) is 3.53. The second-order valence-corrected chi connectivity index (χ2v) is 6.90. The summed E-state index contributed by atoms with van der Waals surface area (Å²) in [6, 6.07) is 5.39. The Labute approximate surface area is 134 Å². The van der Waals surface area contributed by atoms with Crippen molar-refractivity contribution >= 4 is 15.9 Å². The van der Waals surface area contributed by atoms with E-state index in [0.717, 1.165) is 55.2 Å². The van der Waals surface area contributed by atoms with Gasteiger partial charge in [-0.3, -0.25) is 4.90 Å². The van der Waals surface area contributed by atoms with E-state index in [1.165, 1.54) is 5.56 Å². The van der Waals surface area contributed by atoms with Crippen LogP contribution < -0.4 is 14.8 Å². The van der Waals surface area contributed by atoms with E-state index in [1.54, 1.807) is 0 Å². The molecule has 2 heterocycles. The number of ether oxygens (including phenoxy) is 2. The summed E-state index contributed by atoms with van der Waals surface area (Å²) in [5.41, 5.74) is 1.27. The fourth-order valence-electron chi connectivity index (χ4n) is 2.93. The van der Waals surface area contributed by atoms with E-state index in [4.69, 9.17) is 9.47 Å². The number of fused-ring (bicyclic) bond motifs is 1. The van der Waals surface area contributed by atoms with E-state index in [2.05, 4.69) is 52.1 Å². The molecule has 2 atom stereocenters. The summed E-state index contributed by atoms with van der Waals surface area (Å²) in [5, 5.41) is 3.52. The largest absolute Gasteiger partial charge is 0.490 e. The normalized spacial score (nSPS) is 26.4. The van der Waals surface area contributed by atoms with E-state index < -0.39 is 0 Å². The molecule has 2 aliphatic rings. The number of hydrogen-bond donors (Lipinski definition) is 1. The van der Waals surface area contributed by atoms with Gasteiger partial charge in [-0.1, -0.05) is 0 Å². The van der Waals surface area contributed by atoms with Gasteiger partial charge in [-0.05, 0) is 47.5 Å². The number of nitrogens with zero attached hydrogens (tertiary/aromatic N) is 1. The van der Waals surface area contributed by atoms with Crippen molar-refractivity contribution in [1.82, 2.24) is 10.2 Å². The van der Waals surface area contributed by atoms with Crippen molar-refractivity contribution in [3.05, 3.63) is 22.2 Å². The maximum Gasteiger partial charge on any atom is 0.175 e. The summed E-state index contributed by atoms with van der Waals surface area (Å²) in [4.78, 5) is 2.52. The van der Waals surface area contributed by atoms with Gasteiger partial charge >= 0.3 is 0 Å². The molecule has 4 nitrogen and oxygen atoms in total. The summed E-state index contributed by atoms with van der Waals surface area (Å²) < 4.78 is 12.6. The van der Waals surface area contributed by atoms with Crippen molar-refractivity contribution in [2.24, 2.45) is 0 Å². The molecule has 5 heteroatoms. The van der Waals surface area contributed by atoms with Crippen LogP contribution in [0, 0.1) is 0 Å². The van der Waals surface area contributed by atoms with Gasteiger partial charge in [-0.2, -0.15) is 0 Å². The number of nitrogens with one attached hydrogen (secondary N) is 1. The van der Waals surface area contributed by atoms with Crippen molar-refractivity contribution in [2.75, 3.05) is 26.3 Å². The van der Waals surface area contributed by atoms with Crippen LogP contribution in [-0.2, 0) is 6.54 Å². The standard InChI is InChI=1S/C16H23BrN2O2/c1-11-9-19(12(2)8-18-11)10-13-6-14(17)16-15(7-13)20-4-3-5-21-16/h6-7,11-12,18H,3-5,8-10H2,1-2H3. The van der Waals surface area contributed by atoms with E-state index in [-0.39, 0.29) is 0 Å². The average molecular weight is 355 g/mol. The van der Waals surface area contributed by atoms with Gasteiger partial charge in [0.1, 0.15) is 0 Å². The Kier molecular flexibility index (Phi) is 4.72. The summed E-state index contributed by atoms with van der Waals surface area (Å²) in [6.45, 7) is 9.03.